The van der Waals surface area contributed by atoms with Crippen LogP contribution >= 0.6 is 0 Å². The summed E-state index contributed by atoms with van der Waals surface area (Å²) >= 11 is 0. The topological polar surface area (TPSA) is 116 Å². The van der Waals surface area contributed by atoms with E-state index in [9.17, 15) is 23.7 Å². The van der Waals surface area contributed by atoms with Crippen molar-refractivity contribution in [3.63, 3.8) is 0 Å². The van der Waals surface area contributed by atoms with Gasteiger partial charge in [-0.3, -0.25) is 4.72 Å². The third kappa shape index (κ3) is 4.50. The second kappa shape index (κ2) is 9.83. The third-order valence-corrected chi connectivity index (χ3v) is 8.05. The molecule has 6 rings (SSSR count). The highest BCUT2D eigenvalue weighted by atomic mass is 32.2. The fraction of sp³-hybridized carbons (Fsp3) is 0. The molecule has 0 atom stereocenters. The molecule has 0 aliphatic heterocycles. The minimum atomic E-state index is -4.07. The van der Waals surface area contributed by atoms with Gasteiger partial charge in [0.05, 0.1) is 10.6 Å². The molecule has 0 saturated carbocycles. The number of sulfonamides is 1. The molecule has 0 aliphatic rings. The summed E-state index contributed by atoms with van der Waals surface area (Å²) < 4.78 is 35.3. The highest BCUT2D eigenvalue weighted by molar-refractivity contribution is 7.92. The zero-order chi connectivity index (χ0) is 27.9. The Bertz CT molecular complexity index is 2000. The van der Waals surface area contributed by atoms with Crippen LogP contribution in [0.15, 0.2) is 120 Å². The molecule has 0 radical (unpaired) electrons. The molecule has 0 spiro atoms. The number of fused-ring (bicyclic) bond motifs is 2. The number of rotatable bonds is 6. The van der Waals surface area contributed by atoms with Gasteiger partial charge in [-0.2, -0.15) is 0 Å². The summed E-state index contributed by atoms with van der Waals surface area (Å²) in [6.45, 7) is 0. The highest BCUT2D eigenvalue weighted by Gasteiger charge is 2.21. The van der Waals surface area contributed by atoms with E-state index >= 15 is 0 Å². The van der Waals surface area contributed by atoms with E-state index in [2.05, 4.69) is 4.72 Å². The Morgan fingerprint density at radius 1 is 0.625 bits per heavy atom. The summed E-state index contributed by atoms with van der Waals surface area (Å²) in [4.78, 5) is -0.0103. The molecule has 0 aromatic heterocycles. The van der Waals surface area contributed by atoms with Crippen molar-refractivity contribution in [1.29, 1.82) is 0 Å². The summed E-state index contributed by atoms with van der Waals surface area (Å²) in [7, 11) is -4.07. The monoisotopic (exact) mass is 549 g/mol. The first kappa shape index (κ1) is 25.1. The predicted molar refractivity (Wildman–Crippen MR) is 156 cm³/mol. The molecule has 0 unspecified atom stereocenters. The molecule has 0 amide bonds. The van der Waals surface area contributed by atoms with Crippen LogP contribution in [0.4, 0.5) is 5.69 Å². The molecule has 6 aromatic rings. The zero-order valence-electron chi connectivity index (χ0n) is 20.9. The lowest BCUT2D eigenvalue weighted by atomic mass is 9.93. The van der Waals surface area contributed by atoms with Gasteiger partial charge in [0.1, 0.15) is 17.2 Å². The maximum atomic E-state index is 13.5. The summed E-state index contributed by atoms with van der Waals surface area (Å²) in [6, 6.07) is 31.5. The summed E-state index contributed by atoms with van der Waals surface area (Å²) in [5, 5.41) is 34.5. The normalized spacial score (nSPS) is 11.5. The first-order valence-corrected chi connectivity index (χ1v) is 13.8. The van der Waals surface area contributed by atoms with Crippen molar-refractivity contribution >= 4 is 37.3 Å². The van der Waals surface area contributed by atoms with E-state index in [0.29, 0.717) is 27.5 Å². The average Bonchev–Trinajstić information content (AvgIpc) is 2.96. The molecule has 198 valence electrons. The number of aromatic hydroxyl groups is 3. The largest absolute Gasteiger partial charge is 0.507 e. The van der Waals surface area contributed by atoms with E-state index in [1.165, 1.54) is 36.4 Å². The SMILES string of the molecule is O=S(=O)(Nc1cc(-c2c(O)ccc3ccccc23)c(O)c2ccccc12)c1ccc(Oc2ccccc2O)cc1. The highest BCUT2D eigenvalue weighted by Crippen LogP contribution is 2.46. The maximum Gasteiger partial charge on any atom is 0.261 e. The van der Waals surface area contributed by atoms with Gasteiger partial charge >= 0.3 is 0 Å². The molecule has 6 aromatic carbocycles. The number of phenols is 3. The smallest absolute Gasteiger partial charge is 0.261 e. The molecular weight excluding hydrogens is 526 g/mol. The van der Waals surface area contributed by atoms with Crippen LogP contribution in [0.2, 0.25) is 0 Å². The van der Waals surface area contributed by atoms with Crippen LogP contribution in [-0.4, -0.2) is 23.7 Å². The van der Waals surface area contributed by atoms with E-state index in [1.54, 1.807) is 54.6 Å². The Kier molecular flexibility index (Phi) is 6.17. The van der Waals surface area contributed by atoms with Crippen LogP contribution in [0.1, 0.15) is 0 Å². The van der Waals surface area contributed by atoms with Gasteiger partial charge < -0.3 is 20.1 Å². The number of hydrogen-bond acceptors (Lipinski definition) is 6. The van der Waals surface area contributed by atoms with Crippen LogP contribution in [0.25, 0.3) is 32.7 Å². The number of hydrogen-bond donors (Lipinski definition) is 4. The van der Waals surface area contributed by atoms with Crippen molar-refractivity contribution < 1.29 is 28.5 Å². The fourth-order valence-electron chi connectivity index (χ4n) is 4.74. The number of phenolic OH excluding ortho intramolecular Hbond substituents is 3. The van der Waals surface area contributed by atoms with Crippen molar-refractivity contribution in [3.05, 3.63) is 115 Å². The van der Waals surface area contributed by atoms with E-state index in [-0.39, 0.29) is 39.1 Å². The van der Waals surface area contributed by atoms with Crippen molar-refractivity contribution in [2.45, 2.75) is 4.90 Å². The molecule has 7 nitrogen and oxygen atoms in total. The first-order chi connectivity index (χ1) is 19.3. The third-order valence-electron chi connectivity index (χ3n) is 6.66. The number of benzene rings is 6. The van der Waals surface area contributed by atoms with Gasteiger partial charge in [0, 0.05) is 21.9 Å². The van der Waals surface area contributed by atoms with Gasteiger partial charge in [-0.05, 0) is 59.3 Å². The van der Waals surface area contributed by atoms with Crippen molar-refractivity contribution in [3.8, 4) is 39.9 Å². The van der Waals surface area contributed by atoms with Gasteiger partial charge in [-0.1, -0.05) is 66.7 Å². The van der Waals surface area contributed by atoms with Gasteiger partial charge in [0.2, 0.25) is 0 Å². The second-order valence-electron chi connectivity index (χ2n) is 9.19. The number of ether oxygens (including phenoxy) is 1. The molecule has 0 heterocycles. The molecular formula is C32H23NO6S. The van der Waals surface area contributed by atoms with Gasteiger partial charge in [-0.15, -0.1) is 0 Å². The lowest BCUT2D eigenvalue weighted by Gasteiger charge is -2.17. The van der Waals surface area contributed by atoms with Gasteiger partial charge in [0.15, 0.2) is 11.5 Å². The fourth-order valence-corrected chi connectivity index (χ4v) is 5.81. The maximum absolute atomic E-state index is 13.5. The Labute approximate surface area is 230 Å². The molecule has 0 aliphatic carbocycles. The molecule has 40 heavy (non-hydrogen) atoms. The molecule has 0 bridgehead atoms. The van der Waals surface area contributed by atoms with E-state index in [4.69, 9.17) is 4.74 Å². The van der Waals surface area contributed by atoms with E-state index < -0.39 is 10.0 Å². The Morgan fingerprint density at radius 2 is 1.27 bits per heavy atom. The minimum absolute atomic E-state index is 0.0103. The van der Waals surface area contributed by atoms with Crippen molar-refractivity contribution in [2.24, 2.45) is 0 Å². The van der Waals surface area contributed by atoms with Gasteiger partial charge in [0.25, 0.3) is 10.0 Å². The van der Waals surface area contributed by atoms with Crippen LogP contribution in [0.3, 0.4) is 0 Å². The standard InChI is InChI=1S/C32H23NO6S/c34-28-11-5-6-12-30(28)39-21-14-16-22(17-15-21)40(37,38)33-27-19-26(32(36)25-10-4-3-9-24(25)27)31-23-8-2-1-7-20(23)13-18-29(31)35/h1-19,33-36H. The number of anilines is 1. The van der Waals surface area contributed by atoms with Crippen molar-refractivity contribution in [2.75, 3.05) is 4.72 Å². The number of nitrogens with one attached hydrogen (secondary N) is 1. The Morgan fingerprint density at radius 3 is 2.02 bits per heavy atom. The van der Waals surface area contributed by atoms with Crippen LogP contribution < -0.4 is 9.46 Å². The van der Waals surface area contributed by atoms with Crippen LogP contribution in [0.5, 0.6) is 28.7 Å². The van der Waals surface area contributed by atoms with Gasteiger partial charge in [-0.25, -0.2) is 8.42 Å². The molecule has 4 N–H and O–H groups in total. The van der Waals surface area contributed by atoms with E-state index in [1.807, 2.05) is 24.3 Å². The molecule has 8 heteroatoms. The quantitative estimate of drug-likeness (QED) is 0.161. The van der Waals surface area contributed by atoms with Crippen LogP contribution in [0, 0.1) is 0 Å². The average molecular weight is 550 g/mol. The van der Waals surface area contributed by atoms with Crippen molar-refractivity contribution in [1.82, 2.24) is 0 Å². The summed E-state index contributed by atoms with van der Waals surface area (Å²) in [5.74, 6) is 0.447. The Hall–Kier alpha value is -5.21. The predicted octanol–water partition coefficient (Wildman–Crippen LogP) is 7.37. The lowest BCUT2D eigenvalue weighted by molar-refractivity contribution is 0.411. The molecule has 0 fully saturated rings. The Balaban J connectivity index is 1.42. The first-order valence-electron chi connectivity index (χ1n) is 12.4. The second-order valence-corrected chi connectivity index (χ2v) is 10.9. The van der Waals surface area contributed by atoms with Crippen LogP contribution in [-0.2, 0) is 10.0 Å². The molecule has 0 saturated heterocycles. The zero-order valence-corrected chi connectivity index (χ0v) is 21.8. The van der Waals surface area contributed by atoms with E-state index in [0.717, 1.165) is 5.39 Å². The summed E-state index contributed by atoms with van der Waals surface area (Å²) in [5.41, 5.74) is 0.926. The minimum Gasteiger partial charge on any atom is -0.507 e. The lowest BCUT2D eigenvalue weighted by Crippen LogP contribution is -2.13. The number of para-hydroxylation sites is 2. The summed E-state index contributed by atoms with van der Waals surface area (Å²) in [6.07, 6.45) is 0.